The Hall–Kier alpha value is -1.88. The Bertz CT molecular complexity index is 474. The number of benzene rings is 1. The molecule has 1 N–H and O–H groups in total. The highest BCUT2D eigenvalue weighted by molar-refractivity contribution is 6.40. The minimum Gasteiger partial charge on any atom is -0.382 e. The summed E-state index contributed by atoms with van der Waals surface area (Å²) in [5.41, 5.74) is 1.79. The van der Waals surface area contributed by atoms with Crippen molar-refractivity contribution < 1.29 is 14.3 Å². The van der Waals surface area contributed by atoms with E-state index < -0.39 is 11.8 Å². The number of rotatable bonds is 7. The summed E-state index contributed by atoms with van der Waals surface area (Å²) in [6, 6.07) is 7.55. The van der Waals surface area contributed by atoms with E-state index in [9.17, 15) is 9.59 Å². The molecule has 0 atom stereocenters. The van der Waals surface area contributed by atoms with Gasteiger partial charge in [-0.3, -0.25) is 9.59 Å². The van der Waals surface area contributed by atoms with Crippen molar-refractivity contribution >= 4 is 17.5 Å². The summed E-state index contributed by atoms with van der Waals surface area (Å²) in [6.07, 6.45) is 0.698. The first-order chi connectivity index (χ1) is 10.1. The third-order valence-corrected chi connectivity index (χ3v) is 3.02. The maximum atomic E-state index is 12.2. The van der Waals surface area contributed by atoms with Gasteiger partial charge in [0.25, 0.3) is 0 Å². The molecule has 1 aromatic rings. The largest absolute Gasteiger partial charge is 0.382 e. The molecule has 0 aliphatic heterocycles. The quantitative estimate of drug-likeness (QED) is 0.617. The van der Waals surface area contributed by atoms with Gasteiger partial charge >= 0.3 is 11.8 Å². The van der Waals surface area contributed by atoms with Crippen molar-refractivity contribution in [2.24, 2.45) is 0 Å². The molecular weight excluding hydrogens is 268 g/mol. The first kappa shape index (κ1) is 17.2. The molecule has 0 saturated heterocycles. The zero-order chi connectivity index (χ0) is 15.7. The summed E-state index contributed by atoms with van der Waals surface area (Å²) in [7, 11) is 0. The van der Waals surface area contributed by atoms with Crippen LogP contribution in [0.4, 0.5) is 5.69 Å². The highest BCUT2D eigenvalue weighted by atomic mass is 16.5. The number of carbonyl (C=O) groups is 2. The Morgan fingerprint density at radius 2 is 2.05 bits per heavy atom. The van der Waals surface area contributed by atoms with Gasteiger partial charge in [-0.15, -0.1) is 0 Å². The Morgan fingerprint density at radius 1 is 1.29 bits per heavy atom. The topological polar surface area (TPSA) is 58.6 Å². The highest BCUT2D eigenvalue weighted by Crippen LogP contribution is 2.15. The average molecular weight is 292 g/mol. The molecule has 2 amide bonds. The van der Waals surface area contributed by atoms with E-state index in [1.807, 2.05) is 45.0 Å². The minimum atomic E-state index is -0.574. The number of likely N-dealkylation sites (N-methyl/N-ethyl adjacent to an activating group) is 1. The van der Waals surface area contributed by atoms with Crippen molar-refractivity contribution in [1.82, 2.24) is 5.32 Å². The summed E-state index contributed by atoms with van der Waals surface area (Å²) in [5, 5.41) is 2.63. The van der Waals surface area contributed by atoms with E-state index in [2.05, 4.69) is 5.32 Å². The predicted molar refractivity (Wildman–Crippen MR) is 83.3 cm³/mol. The highest BCUT2D eigenvalue weighted by Gasteiger charge is 2.21. The molecule has 21 heavy (non-hydrogen) atoms. The lowest BCUT2D eigenvalue weighted by molar-refractivity contribution is -0.137. The van der Waals surface area contributed by atoms with Gasteiger partial charge in [0.05, 0.1) is 0 Å². The van der Waals surface area contributed by atoms with Crippen LogP contribution >= 0.6 is 0 Å². The number of nitrogens with zero attached hydrogens (tertiary/aromatic N) is 1. The summed E-state index contributed by atoms with van der Waals surface area (Å²) >= 11 is 0. The molecule has 0 aliphatic rings. The van der Waals surface area contributed by atoms with E-state index in [0.29, 0.717) is 32.7 Å². The Balaban J connectivity index is 2.56. The molecule has 0 aromatic heterocycles. The molecule has 1 rings (SSSR count). The number of amides is 2. The number of hydrogen-bond donors (Lipinski definition) is 1. The maximum absolute atomic E-state index is 12.2. The Morgan fingerprint density at radius 3 is 2.67 bits per heavy atom. The normalized spacial score (nSPS) is 10.2. The first-order valence-electron chi connectivity index (χ1n) is 7.34. The first-order valence-corrected chi connectivity index (χ1v) is 7.34. The monoisotopic (exact) mass is 292 g/mol. The van der Waals surface area contributed by atoms with Crippen molar-refractivity contribution in [3.63, 3.8) is 0 Å². The van der Waals surface area contributed by atoms with Crippen LogP contribution in [0.25, 0.3) is 0 Å². The Labute approximate surface area is 126 Å². The SMILES string of the molecule is CCOCCCNC(=O)C(=O)N(CC)c1cccc(C)c1. The summed E-state index contributed by atoms with van der Waals surface area (Å²) in [6.45, 7) is 7.86. The van der Waals surface area contributed by atoms with Gasteiger partial charge in [0.2, 0.25) is 0 Å². The summed E-state index contributed by atoms with van der Waals surface area (Å²) in [4.78, 5) is 25.6. The van der Waals surface area contributed by atoms with Crippen LogP contribution in [0.1, 0.15) is 25.8 Å². The molecule has 5 nitrogen and oxygen atoms in total. The molecule has 0 heterocycles. The van der Waals surface area contributed by atoms with Gasteiger partial charge in [0.15, 0.2) is 0 Å². The fraction of sp³-hybridized carbons (Fsp3) is 0.500. The van der Waals surface area contributed by atoms with Crippen LogP contribution in [0, 0.1) is 6.92 Å². The zero-order valence-corrected chi connectivity index (χ0v) is 13.0. The molecule has 116 valence electrons. The van der Waals surface area contributed by atoms with E-state index in [-0.39, 0.29) is 0 Å². The van der Waals surface area contributed by atoms with Gasteiger partial charge in [-0.1, -0.05) is 12.1 Å². The summed E-state index contributed by atoms with van der Waals surface area (Å²) in [5.74, 6) is -1.10. The number of nitrogens with one attached hydrogen (secondary N) is 1. The number of ether oxygens (including phenoxy) is 1. The maximum Gasteiger partial charge on any atom is 0.316 e. The van der Waals surface area contributed by atoms with Gasteiger partial charge < -0.3 is 15.0 Å². The third kappa shape index (κ3) is 5.55. The summed E-state index contributed by atoms with van der Waals surface area (Å²) < 4.78 is 5.18. The van der Waals surface area contributed by atoms with Gasteiger partial charge in [0.1, 0.15) is 0 Å². The van der Waals surface area contributed by atoms with Crippen LogP contribution < -0.4 is 10.2 Å². The smallest absolute Gasteiger partial charge is 0.316 e. The van der Waals surface area contributed by atoms with Crippen LogP contribution in [-0.2, 0) is 14.3 Å². The molecule has 0 unspecified atom stereocenters. The average Bonchev–Trinajstić information content (AvgIpc) is 2.47. The molecule has 0 aliphatic carbocycles. The van der Waals surface area contributed by atoms with E-state index >= 15 is 0 Å². The minimum absolute atomic E-state index is 0.440. The predicted octanol–water partition coefficient (Wildman–Crippen LogP) is 1.89. The van der Waals surface area contributed by atoms with Crippen molar-refractivity contribution in [1.29, 1.82) is 0 Å². The van der Waals surface area contributed by atoms with Crippen LogP contribution in [0.2, 0.25) is 0 Å². The molecule has 0 spiro atoms. The fourth-order valence-electron chi connectivity index (χ4n) is 1.96. The molecule has 0 radical (unpaired) electrons. The van der Waals surface area contributed by atoms with E-state index in [1.165, 1.54) is 4.90 Å². The second-order valence-corrected chi connectivity index (χ2v) is 4.69. The molecule has 0 saturated carbocycles. The number of carbonyl (C=O) groups excluding carboxylic acids is 2. The molecule has 5 heteroatoms. The lowest BCUT2D eigenvalue weighted by atomic mass is 10.2. The van der Waals surface area contributed by atoms with Gasteiger partial charge in [-0.25, -0.2) is 0 Å². The lowest BCUT2D eigenvalue weighted by Crippen LogP contribution is -2.43. The van der Waals surface area contributed by atoms with Crippen molar-refractivity contribution in [2.45, 2.75) is 27.2 Å². The van der Waals surface area contributed by atoms with Crippen molar-refractivity contribution in [3.05, 3.63) is 29.8 Å². The van der Waals surface area contributed by atoms with Crippen molar-refractivity contribution in [2.75, 3.05) is 31.2 Å². The van der Waals surface area contributed by atoms with E-state index in [0.717, 1.165) is 11.3 Å². The van der Waals surface area contributed by atoms with Crippen LogP contribution in [0.5, 0.6) is 0 Å². The standard InChI is InChI=1S/C16H24N2O3/c1-4-18(14-9-6-8-13(3)12-14)16(20)15(19)17-10-7-11-21-5-2/h6,8-9,12H,4-5,7,10-11H2,1-3H3,(H,17,19). The lowest BCUT2D eigenvalue weighted by Gasteiger charge is -2.20. The van der Waals surface area contributed by atoms with Crippen molar-refractivity contribution in [3.8, 4) is 0 Å². The zero-order valence-electron chi connectivity index (χ0n) is 13.0. The van der Waals surface area contributed by atoms with Crippen LogP contribution in [-0.4, -0.2) is 38.1 Å². The van der Waals surface area contributed by atoms with Crippen LogP contribution in [0.3, 0.4) is 0 Å². The second kappa shape index (κ2) is 9.13. The van der Waals surface area contributed by atoms with Crippen LogP contribution in [0.15, 0.2) is 24.3 Å². The third-order valence-electron chi connectivity index (χ3n) is 3.02. The van der Waals surface area contributed by atoms with Gasteiger partial charge in [-0.05, 0) is 44.9 Å². The molecule has 0 fully saturated rings. The van der Waals surface area contributed by atoms with Gasteiger partial charge in [-0.2, -0.15) is 0 Å². The second-order valence-electron chi connectivity index (χ2n) is 4.69. The number of hydrogen-bond acceptors (Lipinski definition) is 3. The Kier molecular flexibility index (Phi) is 7.46. The number of aryl methyl sites for hydroxylation is 1. The number of anilines is 1. The van der Waals surface area contributed by atoms with E-state index in [1.54, 1.807) is 0 Å². The molecule has 0 bridgehead atoms. The van der Waals surface area contributed by atoms with E-state index in [4.69, 9.17) is 4.74 Å². The molecular formula is C16H24N2O3. The fourth-order valence-corrected chi connectivity index (χ4v) is 1.96. The van der Waals surface area contributed by atoms with Gasteiger partial charge in [0, 0.05) is 32.0 Å². The molecule has 1 aromatic carbocycles.